The average molecular weight is 165 g/mol. The van der Waals surface area contributed by atoms with Gasteiger partial charge in [0.15, 0.2) is 0 Å². The van der Waals surface area contributed by atoms with E-state index < -0.39 is 5.82 Å². The molecule has 2 nitrogen and oxygen atoms in total. The third kappa shape index (κ3) is 1.92. The minimum Gasteiger partial charge on any atom is -0.396 e. The first-order chi connectivity index (χ1) is 5.74. The highest BCUT2D eigenvalue weighted by atomic mass is 19.1. The van der Waals surface area contributed by atoms with E-state index in [1.54, 1.807) is 6.07 Å². The molecule has 0 aromatic heterocycles. The fourth-order valence-electron chi connectivity index (χ4n) is 0.797. The minimum atomic E-state index is -0.469. The van der Waals surface area contributed by atoms with Crippen molar-refractivity contribution in [3.8, 4) is 0 Å². The maximum Gasteiger partial charge on any atom is 0.146 e. The van der Waals surface area contributed by atoms with Crippen LogP contribution in [0.3, 0.4) is 0 Å². The first-order valence-corrected chi connectivity index (χ1v) is 3.41. The summed E-state index contributed by atoms with van der Waals surface area (Å²) in [4.78, 5) is 9.92. The lowest BCUT2D eigenvalue weighted by Gasteiger charge is -1.96. The van der Waals surface area contributed by atoms with Crippen LogP contribution in [0.5, 0.6) is 0 Å². The zero-order valence-corrected chi connectivity index (χ0v) is 6.33. The average Bonchev–Trinajstić information content (AvgIpc) is 2.07. The van der Waals surface area contributed by atoms with Crippen molar-refractivity contribution in [2.24, 2.45) is 0 Å². The summed E-state index contributed by atoms with van der Waals surface area (Å²) in [5.41, 5.74) is 5.98. The van der Waals surface area contributed by atoms with Crippen LogP contribution in [0, 0.1) is 5.82 Å². The Bertz CT molecular complexity index is 320. The summed E-state index contributed by atoms with van der Waals surface area (Å²) in [6, 6.07) is 4.37. The summed E-state index contributed by atoms with van der Waals surface area (Å²) in [5.74, 6) is -0.469. The molecule has 0 amide bonds. The quantitative estimate of drug-likeness (QED) is 0.411. The maximum atomic E-state index is 12.8. The van der Waals surface area contributed by atoms with Gasteiger partial charge in [-0.15, -0.1) is 0 Å². The van der Waals surface area contributed by atoms with Gasteiger partial charge >= 0.3 is 0 Å². The molecular formula is C9H8FNO. The van der Waals surface area contributed by atoms with Gasteiger partial charge in [-0.05, 0) is 23.8 Å². The Morgan fingerprint density at radius 3 is 2.75 bits per heavy atom. The second kappa shape index (κ2) is 3.67. The first-order valence-electron chi connectivity index (χ1n) is 3.41. The van der Waals surface area contributed by atoms with Crippen molar-refractivity contribution in [1.29, 1.82) is 0 Å². The number of hydrogen-bond acceptors (Lipinski definition) is 2. The number of allylic oxidation sites excluding steroid dienone is 1. The van der Waals surface area contributed by atoms with E-state index in [1.165, 1.54) is 24.3 Å². The number of anilines is 1. The Morgan fingerprint density at radius 2 is 2.17 bits per heavy atom. The van der Waals surface area contributed by atoms with Crippen LogP contribution in [0.2, 0.25) is 0 Å². The SMILES string of the molecule is Nc1ccc(C=CC=O)cc1F. The van der Waals surface area contributed by atoms with E-state index in [4.69, 9.17) is 5.73 Å². The van der Waals surface area contributed by atoms with Crippen molar-refractivity contribution >= 4 is 18.0 Å². The Balaban J connectivity index is 2.96. The lowest BCUT2D eigenvalue weighted by molar-refractivity contribution is -0.104. The molecule has 0 bridgehead atoms. The first kappa shape index (κ1) is 8.46. The lowest BCUT2D eigenvalue weighted by atomic mass is 10.2. The number of hydrogen-bond donors (Lipinski definition) is 1. The monoisotopic (exact) mass is 165 g/mol. The van der Waals surface area contributed by atoms with Crippen molar-refractivity contribution in [3.05, 3.63) is 35.7 Å². The van der Waals surface area contributed by atoms with Crippen molar-refractivity contribution in [1.82, 2.24) is 0 Å². The predicted octanol–water partition coefficient (Wildman–Crippen LogP) is 1.62. The summed E-state index contributed by atoms with van der Waals surface area (Å²) < 4.78 is 12.8. The molecular weight excluding hydrogens is 157 g/mol. The van der Waals surface area contributed by atoms with Crippen molar-refractivity contribution < 1.29 is 9.18 Å². The normalized spacial score (nSPS) is 10.4. The largest absolute Gasteiger partial charge is 0.396 e. The van der Waals surface area contributed by atoms with Crippen LogP contribution < -0.4 is 5.73 Å². The molecule has 0 heterocycles. The van der Waals surface area contributed by atoms with E-state index >= 15 is 0 Å². The predicted molar refractivity (Wildman–Crippen MR) is 45.9 cm³/mol. The van der Waals surface area contributed by atoms with Gasteiger partial charge in [0, 0.05) is 0 Å². The van der Waals surface area contributed by atoms with Gasteiger partial charge in [0.05, 0.1) is 5.69 Å². The van der Waals surface area contributed by atoms with Crippen LogP contribution in [0.4, 0.5) is 10.1 Å². The van der Waals surface area contributed by atoms with Crippen LogP contribution >= 0.6 is 0 Å². The third-order valence-electron chi connectivity index (χ3n) is 1.39. The standard InChI is InChI=1S/C9H8FNO/c10-8-6-7(2-1-5-12)3-4-9(8)11/h1-6H,11H2. The van der Waals surface area contributed by atoms with Crippen molar-refractivity contribution in [3.63, 3.8) is 0 Å². The number of rotatable bonds is 2. The molecule has 0 fully saturated rings. The van der Waals surface area contributed by atoms with E-state index in [0.717, 1.165) is 0 Å². The summed E-state index contributed by atoms with van der Waals surface area (Å²) in [5, 5.41) is 0. The molecule has 0 aliphatic heterocycles. The van der Waals surface area contributed by atoms with Crippen LogP contribution in [-0.4, -0.2) is 6.29 Å². The number of benzene rings is 1. The summed E-state index contributed by atoms with van der Waals surface area (Å²) in [7, 11) is 0. The fourth-order valence-corrected chi connectivity index (χ4v) is 0.797. The van der Waals surface area contributed by atoms with E-state index in [-0.39, 0.29) is 5.69 Å². The van der Waals surface area contributed by atoms with Crippen molar-refractivity contribution in [2.45, 2.75) is 0 Å². The molecule has 0 unspecified atom stereocenters. The van der Waals surface area contributed by atoms with Gasteiger partial charge in [0.1, 0.15) is 12.1 Å². The van der Waals surface area contributed by atoms with Gasteiger partial charge in [-0.2, -0.15) is 0 Å². The number of carbonyl (C=O) groups is 1. The molecule has 1 aromatic rings. The van der Waals surface area contributed by atoms with Crippen LogP contribution in [-0.2, 0) is 4.79 Å². The topological polar surface area (TPSA) is 43.1 Å². The molecule has 2 N–H and O–H groups in total. The fraction of sp³-hybridized carbons (Fsp3) is 0. The summed E-state index contributed by atoms with van der Waals surface area (Å²) in [6.45, 7) is 0. The minimum absolute atomic E-state index is 0.109. The molecule has 0 aliphatic carbocycles. The van der Waals surface area contributed by atoms with Gasteiger partial charge in [0.25, 0.3) is 0 Å². The van der Waals surface area contributed by atoms with Crippen LogP contribution in [0.1, 0.15) is 5.56 Å². The molecule has 0 saturated carbocycles. The van der Waals surface area contributed by atoms with E-state index in [0.29, 0.717) is 11.8 Å². The molecule has 3 heteroatoms. The highest BCUT2D eigenvalue weighted by Crippen LogP contribution is 2.12. The summed E-state index contributed by atoms with van der Waals surface area (Å²) >= 11 is 0. The van der Waals surface area contributed by atoms with E-state index in [1.807, 2.05) is 0 Å². The Labute approximate surface area is 69.5 Å². The van der Waals surface area contributed by atoms with Gasteiger partial charge in [-0.1, -0.05) is 12.1 Å². The summed E-state index contributed by atoms with van der Waals surface area (Å²) in [6.07, 6.45) is 3.44. The molecule has 0 atom stereocenters. The van der Waals surface area contributed by atoms with Gasteiger partial charge in [-0.3, -0.25) is 4.79 Å². The molecule has 1 rings (SSSR count). The molecule has 0 saturated heterocycles. The molecule has 62 valence electrons. The second-order valence-corrected chi connectivity index (χ2v) is 2.28. The zero-order chi connectivity index (χ0) is 8.97. The van der Waals surface area contributed by atoms with Crippen LogP contribution in [0.25, 0.3) is 6.08 Å². The van der Waals surface area contributed by atoms with Gasteiger partial charge in [0.2, 0.25) is 0 Å². The molecule has 12 heavy (non-hydrogen) atoms. The second-order valence-electron chi connectivity index (χ2n) is 2.28. The smallest absolute Gasteiger partial charge is 0.146 e. The Hall–Kier alpha value is -1.64. The number of nitrogens with two attached hydrogens (primary N) is 1. The number of carbonyl (C=O) groups excluding carboxylic acids is 1. The molecule has 0 radical (unpaired) electrons. The molecule has 0 aliphatic rings. The Kier molecular flexibility index (Phi) is 2.58. The molecule has 1 aromatic carbocycles. The zero-order valence-electron chi connectivity index (χ0n) is 6.33. The van der Waals surface area contributed by atoms with Crippen molar-refractivity contribution in [2.75, 3.05) is 5.73 Å². The lowest BCUT2D eigenvalue weighted by Crippen LogP contribution is -1.89. The highest BCUT2D eigenvalue weighted by Gasteiger charge is 1.96. The maximum absolute atomic E-state index is 12.8. The van der Waals surface area contributed by atoms with Gasteiger partial charge in [-0.25, -0.2) is 4.39 Å². The third-order valence-corrected chi connectivity index (χ3v) is 1.39. The number of halogens is 1. The van der Waals surface area contributed by atoms with E-state index in [2.05, 4.69) is 0 Å². The Morgan fingerprint density at radius 1 is 1.42 bits per heavy atom. The van der Waals surface area contributed by atoms with E-state index in [9.17, 15) is 9.18 Å². The molecule has 0 spiro atoms. The highest BCUT2D eigenvalue weighted by molar-refractivity contribution is 5.74. The van der Waals surface area contributed by atoms with Gasteiger partial charge < -0.3 is 5.73 Å². The number of nitrogen functional groups attached to an aromatic ring is 1. The number of aldehydes is 1. The van der Waals surface area contributed by atoms with Crippen LogP contribution in [0.15, 0.2) is 24.3 Å².